The van der Waals surface area contributed by atoms with E-state index in [0.717, 1.165) is 10.0 Å². The molecule has 0 atom stereocenters. The molecule has 0 bridgehead atoms. The Kier molecular flexibility index (Phi) is 5.06. The zero-order valence-corrected chi connectivity index (χ0v) is 15.6. The van der Waals surface area contributed by atoms with Gasteiger partial charge in [-0.3, -0.25) is 10.1 Å². The number of rotatable bonds is 3. The first kappa shape index (κ1) is 16.5. The molecule has 0 radical (unpaired) electrons. The van der Waals surface area contributed by atoms with Crippen molar-refractivity contribution in [2.45, 2.75) is 4.90 Å². The lowest BCUT2D eigenvalue weighted by atomic mass is 10.2. The van der Waals surface area contributed by atoms with Crippen LogP contribution in [0.1, 0.15) is 10.4 Å². The summed E-state index contributed by atoms with van der Waals surface area (Å²) >= 11 is 15.1. The summed E-state index contributed by atoms with van der Waals surface area (Å²) in [6, 6.07) is 14.9. The molecule has 1 amide bonds. The number of thiazole rings is 1. The van der Waals surface area contributed by atoms with Crippen molar-refractivity contribution in [3.05, 3.63) is 62.9 Å². The third kappa shape index (κ3) is 3.77. The largest absolute Gasteiger partial charge is 0.298 e. The van der Waals surface area contributed by atoms with Crippen LogP contribution in [0.3, 0.4) is 0 Å². The van der Waals surface area contributed by atoms with E-state index >= 15 is 0 Å². The number of hydrogen-bond acceptors (Lipinski definition) is 4. The molecular formula is C16H10BrClN2OS2. The lowest BCUT2D eigenvalue weighted by Crippen LogP contribution is -2.12. The molecule has 116 valence electrons. The van der Waals surface area contributed by atoms with Crippen LogP contribution in [0.15, 0.2) is 57.9 Å². The summed E-state index contributed by atoms with van der Waals surface area (Å²) in [6.45, 7) is 0. The summed E-state index contributed by atoms with van der Waals surface area (Å²) in [5.74, 6) is -0.277. The molecule has 0 aliphatic heterocycles. The smallest absolute Gasteiger partial charge is 0.258 e. The van der Waals surface area contributed by atoms with Gasteiger partial charge in [0.2, 0.25) is 0 Å². The molecule has 3 nitrogen and oxygen atoms in total. The van der Waals surface area contributed by atoms with E-state index in [4.69, 9.17) is 11.6 Å². The SMILES string of the molecule is O=C(Nc1nc(-c2ccccc2)c(Cl)s1)c1cc(Br)ccc1S. The standard InChI is InChI=1S/C16H10BrClN2OS2/c17-10-6-7-12(22)11(8-10)15(21)20-16-19-13(14(18)23-16)9-4-2-1-3-5-9/h1-8,22H,(H,19,20,21). The Hall–Kier alpha value is -1.34. The van der Waals surface area contributed by atoms with Crippen molar-refractivity contribution in [3.63, 3.8) is 0 Å². The Bertz CT molecular complexity index is 868. The fourth-order valence-corrected chi connectivity index (χ4v) is 3.67. The Morgan fingerprint density at radius 1 is 1.22 bits per heavy atom. The number of amides is 1. The minimum atomic E-state index is -0.277. The minimum absolute atomic E-state index is 0.277. The monoisotopic (exact) mass is 424 g/mol. The third-order valence-corrected chi connectivity index (χ3v) is 5.11. The van der Waals surface area contributed by atoms with Gasteiger partial charge in [0.25, 0.3) is 5.91 Å². The van der Waals surface area contributed by atoms with Gasteiger partial charge >= 0.3 is 0 Å². The fourth-order valence-electron chi connectivity index (χ4n) is 1.98. The second kappa shape index (κ2) is 7.05. The van der Waals surface area contributed by atoms with Crippen LogP contribution in [0, 0.1) is 0 Å². The normalized spacial score (nSPS) is 10.6. The third-order valence-electron chi connectivity index (χ3n) is 3.06. The average Bonchev–Trinajstić information content (AvgIpc) is 2.91. The number of carbonyl (C=O) groups is 1. The van der Waals surface area contributed by atoms with Crippen LogP contribution >= 0.6 is 51.5 Å². The number of thiol groups is 1. The zero-order chi connectivity index (χ0) is 16.4. The first-order chi connectivity index (χ1) is 11.0. The lowest BCUT2D eigenvalue weighted by molar-refractivity contribution is 0.102. The van der Waals surface area contributed by atoms with Gasteiger partial charge in [0.15, 0.2) is 5.13 Å². The van der Waals surface area contributed by atoms with Crippen LogP contribution in [0.2, 0.25) is 4.34 Å². The van der Waals surface area contributed by atoms with E-state index in [0.29, 0.717) is 25.6 Å². The molecule has 2 aromatic carbocycles. The van der Waals surface area contributed by atoms with E-state index in [1.165, 1.54) is 11.3 Å². The molecule has 0 aliphatic rings. The van der Waals surface area contributed by atoms with Gasteiger partial charge in [-0.25, -0.2) is 4.98 Å². The highest BCUT2D eigenvalue weighted by Gasteiger charge is 2.16. The number of halogens is 2. The van der Waals surface area contributed by atoms with Crippen molar-refractivity contribution in [1.82, 2.24) is 4.98 Å². The molecule has 0 fully saturated rings. The number of carbonyl (C=O) groups excluding carboxylic acids is 1. The van der Waals surface area contributed by atoms with Gasteiger partial charge < -0.3 is 0 Å². The van der Waals surface area contributed by atoms with E-state index in [2.05, 4.69) is 38.9 Å². The number of nitrogens with one attached hydrogen (secondary N) is 1. The van der Waals surface area contributed by atoms with Crippen molar-refractivity contribution in [2.75, 3.05) is 5.32 Å². The van der Waals surface area contributed by atoms with Gasteiger partial charge in [-0.05, 0) is 18.2 Å². The minimum Gasteiger partial charge on any atom is -0.298 e. The van der Waals surface area contributed by atoms with Crippen LogP contribution in [0.4, 0.5) is 5.13 Å². The summed E-state index contributed by atoms with van der Waals surface area (Å²) in [6.07, 6.45) is 0. The molecular weight excluding hydrogens is 416 g/mol. The first-order valence-electron chi connectivity index (χ1n) is 6.56. The Balaban J connectivity index is 1.87. The van der Waals surface area contributed by atoms with E-state index < -0.39 is 0 Å². The number of nitrogens with zero attached hydrogens (tertiary/aromatic N) is 1. The van der Waals surface area contributed by atoms with Crippen LogP contribution < -0.4 is 5.32 Å². The van der Waals surface area contributed by atoms with Gasteiger partial charge in [0, 0.05) is 14.9 Å². The van der Waals surface area contributed by atoms with Crippen LogP contribution in [-0.4, -0.2) is 10.9 Å². The van der Waals surface area contributed by atoms with Crippen molar-refractivity contribution in [3.8, 4) is 11.3 Å². The zero-order valence-electron chi connectivity index (χ0n) is 11.6. The maximum atomic E-state index is 12.4. The number of hydrogen-bond donors (Lipinski definition) is 2. The Labute approximate surface area is 156 Å². The highest BCUT2D eigenvalue weighted by molar-refractivity contribution is 9.10. The molecule has 1 aromatic heterocycles. The molecule has 0 unspecified atom stereocenters. The number of anilines is 1. The summed E-state index contributed by atoms with van der Waals surface area (Å²) in [5.41, 5.74) is 2.04. The summed E-state index contributed by atoms with van der Waals surface area (Å²) in [5, 5.41) is 3.22. The summed E-state index contributed by atoms with van der Waals surface area (Å²) < 4.78 is 1.34. The van der Waals surface area contributed by atoms with E-state index in [1.807, 2.05) is 36.4 Å². The van der Waals surface area contributed by atoms with Crippen molar-refractivity contribution < 1.29 is 4.79 Å². The molecule has 23 heavy (non-hydrogen) atoms. The van der Waals surface area contributed by atoms with Gasteiger partial charge in [-0.1, -0.05) is 69.2 Å². The molecule has 0 saturated carbocycles. The Morgan fingerprint density at radius 2 is 1.96 bits per heavy atom. The molecule has 0 saturated heterocycles. The van der Waals surface area contributed by atoms with Gasteiger partial charge in [-0.15, -0.1) is 12.6 Å². The molecule has 1 heterocycles. The summed E-state index contributed by atoms with van der Waals surface area (Å²) in [4.78, 5) is 17.4. The van der Waals surface area contributed by atoms with Crippen LogP contribution in [0.25, 0.3) is 11.3 Å². The molecule has 0 aliphatic carbocycles. The van der Waals surface area contributed by atoms with Crippen LogP contribution in [-0.2, 0) is 0 Å². The number of aromatic nitrogens is 1. The molecule has 0 spiro atoms. The van der Waals surface area contributed by atoms with Gasteiger partial charge in [0.05, 0.1) is 5.56 Å². The van der Waals surface area contributed by atoms with Crippen molar-refractivity contribution >= 4 is 62.5 Å². The molecule has 1 N–H and O–H groups in total. The quantitative estimate of drug-likeness (QED) is 0.523. The second-order valence-corrected chi connectivity index (χ2v) is 7.62. The van der Waals surface area contributed by atoms with Crippen molar-refractivity contribution in [1.29, 1.82) is 0 Å². The van der Waals surface area contributed by atoms with E-state index in [-0.39, 0.29) is 5.91 Å². The summed E-state index contributed by atoms with van der Waals surface area (Å²) in [7, 11) is 0. The van der Waals surface area contributed by atoms with E-state index in [9.17, 15) is 4.79 Å². The average molecular weight is 426 g/mol. The predicted molar refractivity (Wildman–Crippen MR) is 102 cm³/mol. The highest BCUT2D eigenvalue weighted by Crippen LogP contribution is 2.35. The van der Waals surface area contributed by atoms with Gasteiger partial charge in [0.1, 0.15) is 10.0 Å². The molecule has 3 rings (SSSR count). The van der Waals surface area contributed by atoms with Crippen molar-refractivity contribution in [2.24, 2.45) is 0 Å². The maximum absolute atomic E-state index is 12.4. The predicted octanol–water partition coefficient (Wildman–Crippen LogP) is 5.77. The van der Waals surface area contributed by atoms with E-state index in [1.54, 1.807) is 12.1 Å². The molecule has 7 heteroatoms. The second-order valence-electron chi connectivity index (χ2n) is 4.62. The lowest BCUT2D eigenvalue weighted by Gasteiger charge is -2.05. The topological polar surface area (TPSA) is 42.0 Å². The maximum Gasteiger partial charge on any atom is 0.258 e. The Morgan fingerprint density at radius 3 is 2.70 bits per heavy atom. The number of benzene rings is 2. The first-order valence-corrected chi connectivity index (χ1v) is 8.99. The van der Waals surface area contributed by atoms with Gasteiger partial charge in [-0.2, -0.15) is 0 Å². The highest BCUT2D eigenvalue weighted by atomic mass is 79.9. The molecule has 3 aromatic rings. The van der Waals surface area contributed by atoms with Crippen LogP contribution in [0.5, 0.6) is 0 Å². The fraction of sp³-hybridized carbons (Fsp3) is 0.